The van der Waals surface area contributed by atoms with E-state index >= 15 is 0 Å². The number of rotatable bonds is 10. The fraction of sp³-hybridized carbons (Fsp3) is 0.238. The van der Waals surface area contributed by atoms with Gasteiger partial charge < -0.3 is 9.30 Å². The van der Waals surface area contributed by atoms with Crippen molar-refractivity contribution in [1.82, 2.24) is 19.3 Å². The van der Waals surface area contributed by atoms with Crippen molar-refractivity contribution in [2.75, 3.05) is 12.8 Å². The van der Waals surface area contributed by atoms with E-state index in [1.165, 1.54) is 72.8 Å². The smallest absolute Gasteiger partial charge is 0.262 e. The van der Waals surface area contributed by atoms with Gasteiger partial charge in [0.25, 0.3) is 5.91 Å². The molecule has 2 N–H and O–H groups in total. The highest BCUT2D eigenvalue weighted by atomic mass is 32.2. The molecule has 3 aromatic rings. The van der Waals surface area contributed by atoms with Crippen LogP contribution < -0.4 is 10.2 Å². The number of sulfonamides is 1. The molecule has 176 valence electrons. The highest BCUT2D eigenvalue weighted by molar-refractivity contribution is 7.98. The quantitative estimate of drug-likeness (QED) is 0.329. The van der Waals surface area contributed by atoms with Crippen LogP contribution in [0.4, 0.5) is 4.39 Å². The number of thioether (sulfide) groups is 1. The second-order valence-electron chi connectivity index (χ2n) is 7.01. The molecule has 0 bridgehead atoms. The number of hydroxylamine groups is 1. The summed E-state index contributed by atoms with van der Waals surface area (Å²) in [6.45, 7) is 0. The number of likely N-dealkylation sites (N-methyl/N-ethyl adjacent to an activating group) is 1. The first-order valence-electron chi connectivity index (χ1n) is 9.72. The molecule has 3 rings (SSSR count). The molecule has 0 unspecified atom stereocenters. The number of aromatic nitrogens is 2. The Bertz CT molecular complexity index is 1180. The topological polar surface area (TPSA) is 114 Å². The van der Waals surface area contributed by atoms with E-state index in [0.717, 1.165) is 10.1 Å². The summed E-state index contributed by atoms with van der Waals surface area (Å²) in [7, 11) is -0.947. The molecule has 0 aliphatic rings. The van der Waals surface area contributed by atoms with Gasteiger partial charge in [0, 0.05) is 32.2 Å². The Kier molecular flexibility index (Phi) is 8.08. The van der Waals surface area contributed by atoms with E-state index in [4.69, 9.17) is 9.94 Å². The predicted molar refractivity (Wildman–Crippen MR) is 121 cm³/mol. The van der Waals surface area contributed by atoms with Crippen molar-refractivity contribution in [3.8, 4) is 11.5 Å². The molecule has 9 nitrogen and oxygen atoms in total. The lowest BCUT2D eigenvalue weighted by molar-refractivity contribution is -0.132. The first kappa shape index (κ1) is 24.7. The number of amides is 1. The van der Waals surface area contributed by atoms with Gasteiger partial charge in [0.05, 0.1) is 10.6 Å². The molecule has 0 fully saturated rings. The van der Waals surface area contributed by atoms with Crippen LogP contribution in [0.5, 0.6) is 11.5 Å². The SMILES string of the molecule is CN([C@H](CSCc1nccn1C)C(=O)NO)S(=O)(=O)c1ccc(Oc2ccc(F)cc2)cc1. The van der Waals surface area contributed by atoms with E-state index in [1.807, 2.05) is 11.6 Å². The van der Waals surface area contributed by atoms with E-state index < -0.39 is 27.8 Å². The number of halogens is 1. The number of imidazole rings is 1. The van der Waals surface area contributed by atoms with Crippen LogP contribution in [0, 0.1) is 5.82 Å². The summed E-state index contributed by atoms with van der Waals surface area (Å²) in [5.41, 5.74) is 1.54. The number of carbonyl (C=O) groups excluding carboxylic acids is 1. The number of ether oxygens (including phenoxy) is 1. The lowest BCUT2D eigenvalue weighted by Gasteiger charge is -2.25. The molecule has 1 atom stereocenters. The Morgan fingerprint density at radius 2 is 1.82 bits per heavy atom. The first-order chi connectivity index (χ1) is 15.7. The van der Waals surface area contributed by atoms with Gasteiger partial charge in [-0.05, 0) is 48.5 Å². The minimum absolute atomic E-state index is 0.0544. The summed E-state index contributed by atoms with van der Waals surface area (Å²) in [5.74, 6) is 0.844. The molecule has 12 heteroatoms. The molecule has 1 aromatic heterocycles. The number of hydrogen-bond donors (Lipinski definition) is 2. The normalized spacial score (nSPS) is 12.5. The average molecular weight is 495 g/mol. The second-order valence-corrected chi connectivity index (χ2v) is 10.0. The monoisotopic (exact) mass is 494 g/mol. The van der Waals surface area contributed by atoms with Crippen molar-refractivity contribution in [3.05, 3.63) is 72.6 Å². The molecule has 33 heavy (non-hydrogen) atoms. The number of benzene rings is 2. The minimum atomic E-state index is -4.06. The molecule has 0 aliphatic heterocycles. The molecule has 0 aliphatic carbocycles. The van der Waals surface area contributed by atoms with Crippen molar-refractivity contribution >= 4 is 27.7 Å². The molecule has 1 heterocycles. The van der Waals surface area contributed by atoms with Gasteiger partial charge in [-0.1, -0.05) is 0 Å². The summed E-state index contributed by atoms with van der Waals surface area (Å²) < 4.78 is 47.5. The maximum absolute atomic E-state index is 13.1. The second kappa shape index (κ2) is 10.8. The van der Waals surface area contributed by atoms with E-state index in [1.54, 1.807) is 12.4 Å². The van der Waals surface area contributed by atoms with Gasteiger partial charge >= 0.3 is 0 Å². The van der Waals surface area contributed by atoms with Crippen molar-refractivity contribution in [1.29, 1.82) is 0 Å². The van der Waals surface area contributed by atoms with E-state index in [0.29, 0.717) is 17.3 Å². The predicted octanol–water partition coefficient (Wildman–Crippen LogP) is 2.78. The van der Waals surface area contributed by atoms with Gasteiger partial charge in [0.15, 0.2) is 0 Å². The average Bonchev–Trinajstić information content (AvgIpc) is 3.22. The van der Waals surface area contributed by atoms with E-state index in [9.17, 15) is 17.6 Å². The highest BCUT2D eigenvalue weighted by Gasteiger charge is 2.33. The van der Waals surface area contributed by atoms with Crippen molar-refractivity contribution in [3.63, 3.8) is 0 Å². The number of nitrogens with zero attached hydrogens (tertiary/aromatic N) is 3. The largest absolute Gasteiger partial charge is 0.457 e. The summed E-state index contributed by atoms with van der Waals surface area (Å²) in [4.78, 5) is 16.4. The third-order valence-electron chi connectivity index (χ3n) is 4.83. The third-order valence-corrected chi connectivity index (χ3v) is 7.72. The molecular formula is C21H23FN4O5S2. The van der Waals surface area contributed by atoms with Crippen molar-refractivity contribution < 1.29 is 27.5 Å². The van der Waals surface area contributed by atoms with Gasteiger partial charge in [-0.15, -0.1) is 0 Å². The van der Waals surface area contributed by atoms with E-state index in [2.05, 4.69) is 4.98 Å². The van der Waals surface area contributed by atoms with Crippen LogP contribution in [-0.4, -0.2) is 52.2 Å². The summed E-state index contributed by atoms with van der Waals surface area (Å²) in [6, 6.07) is 9.87. The molecule has 1 amide bonds. The van der Waals surface area contributed by atoms with Crippen LogP contribution in [0.25, 0.3) is 0 Å². The van der Waals surface area contributed by atoms with Gasteiger partial charge in [-0.3, -0.25) is 10.0 Å². The third kappa shape index (κ3) is 6.11. The fourth-order valence-electron chi connectivity index (χ4n) is 2.87. The van der Waals surface area contributed by atoms with Crippen LogP contribution in [-0.2, 0) is 27.6 Å². The van der Waals surface area contributed by atoms with Crippen LogP contribution in [0.2, 0.25) is 0 Å². The molecule has 0 saturated heterocycles. The van der Waals surface area contributed by atoms with Gasteiger partial charge in [0.2, 0.25) is 10.0 Å². The maximum atomic E-state index is 13.1. The molecule has 0 spiro atoms. The standard InChI is InChI=1S/C21H23FN4O5S2/c1-25-12-11-23-20(25)14-32-13-19(21(27)24-28)26(2)33(29,30)18-9-7-17(8-10-18)31-16-5-3-15(22)4-6-16/h3-12,19,28H,13-14H2,1-2H3,(H,24,27)/t19-/m1/s1. The maximum Gasteiger partial charge on any atom is 0.262 e. The van der Waals surface area contributed by atoms with Gasteiger partial charge in [-0.2, -0.15) is 16.1 Å². The van der Waals surface area contributed by atoms with E-state index in [-0.39, 0.29) is 10.6 Å². The Morgan fingerprint density at radius 3 is 2.36 bits per heavy atom. The minimum Gasteiger partial charge on any atom is -0.457 e. The molecule has 2 aromatic carbocycles. The fourth-order valence-corrected chi connectivity index (χ4v) is 5.46. The lowest BCUT2D eigenvalue weighted by atomic mass is 10.3. The molecule has 0 saturated carbocycles. The Balaban J connectivity index is 1.71. The summed E-state index contributed by atoms with van der Waals surface area (Å²) >= 11 is 1.31. The van der Waals surface area contributed by atoms with Crippen LogP contribution in [0.15, 0.2) is 65.8 Å². The Morgan fingerprint density at radius 1 is 1.21 bits per heavy atom. The lowest BCUT2D eigenvalue weighted by Crippen LogP contribution is -2.48. The van der Waals surface area contributed by atoms with Crippen molar-refractivity contribution in [2.45, 2.75) is 16.7 Å². The summed E-state index contributed by atoms with van der Waals surface area (Å²) in [6.07, 6.45) is 3.43. The van der Waals surface area contributed by atoms with Gasteiger partial charge in [-0.25, -0.2) is 23.3 Å². The Labute approximate surface area is 195 Å². The number of nitrogens with one attached hydrogen (secondary N) is 1. The van der Waals surface area contributed by atoms with Crippen LogP contribution >= 0.6 is 11.8 Å². The molecular weight excluding hydrogens is 471 g/mol. The van der Waals surface area contributed by atoms with Gasteiger partial charge in [0.1, 0.15) is 29.2 Å². The zero-order valence-corrected chi connectivity index (χ0v) is 19.5. The number of hydrogen-bond acceptors (Lipinski definition) is 7. The summed E-state index contributed by atoms with van der Waals surface area (Å²) in [5, 5.41) is 9.12. The number of aryl methyl sites for hydroxylation is 1. The van der Waals surface area contributed by atoms with Crippen LogP contribution in [0.1, 0.15) is 5.82 Å². The number of carbonyl (C=O) groups is 1. The zero-order chi connectivity index (χ0) is 24.0. The first-order valence-corrected chi connectivity index (χ1v) is 12.3. The Hall–Kier alpha value is -2.93. The zero-order valence-electron chi connectivity index (χ0n) is 17.9. The van der Waals surface area contributed by atoms with Crippen molar-refractivity contribution in [2.24, 2.45) is 7.05 Å². The highest BCUT2D eigenvalue weighted by Crippen LogP contribution is 2.25. The van der Waals surface area contributed by atoms with Crippen LogP contribution in [0.3, 0.4) is 0 Å². The molecule has 0 radical (unpaired) electrons.